The Morgan fingerprint density at radius 1 is 1.20 bits per heavy atom. The molecule has 20 heavy (non-hydrogen) atoms. The summed E-state index contributed by atoms with van der Waals surface area (Å²) in [5.74, 6) is -0.864. The predicted molar refractivity (Wildman–Crippen MR) is 78.6 cm³/mol. The van der Waals surface area contributed by atoms with Gasteiger partial charge in [0.15, 0.2) is 0 Å². The Balaban J connectivity index is 2.33. The number of likely N-dealkylation sites (tertiary alicyclic amines) is 1. The van der Waals surface area contributed by atoms with Crippen molar-refractivity contribution in [2.24, 2.45) is 0 Å². The van der Waals surface area contributed by atoms with Gasteiger partial charge in [-0.2, -0.15) is 0 Å². The Bertz CT molecular complexity index is 314. The van der Waals surface area contributed by atoms with Crippen LogP contribution in [0.25, 0.3) is 0 Å². The summed E-state index contributed by atoms with van der Waals surface area (Å²) in [6, 6.07) is -0.593. The number of hydrogen-bond donors (Lipinski definition) is 1. The second-order valence-corrected chi connectivity index (χ2v) is 5.53. The van der Waals surface area contributed by atoms with Crippen molar-refractivity contribution < 1.29 is 14.7 Å². The van der Waals surface area contributed by atoms with E-state index in [0.29, 0.717) is 19.4 Å². The molecule has 1 fully saturated rings. The van der Waals surface area contributed by atoms with Crippen molar-refractivity contribution in [3.8, 4) is 0 Å². The van der Waals surface area contributed by atoms with Gasteiger partial charge in [-0.1, -0.05) is 13.8 Å². The van der Waals surface area contributed by atoms with Crippen molar-refractivity contribution in [3.05, 3.63) is 0 Å². The molecule has 1 heterocycles. The number of carboxylic acid groups (broad SMARTS) is 1. The van der Waals surface area contributed by atoms with Crippen LogP contribution < -0.4 is 0 Å². The van der Waals surface area contributed by atoms with Crippen LogP contribution in [0.3, 0.4) is 0 Å². The summed E-state index contributed by atoms with van der Waals surface area (Å²) in [7, 11) is 0. The fraction of sp³-hybridized carbons (Fsp3) is 0.867. The van der Waals surface area contributed by atoms with Crippen LogP contribution in [0.2, 0.25) is 0 Å². The number of carboxylic acids is 1. The fourth-order valence-corrected chi connectivity index (χ4v) is 2.89. The summed E-state index contributed by atoms with van der Waals surface area (Å²) in [5.41, 5.74) is 0. The summed E-state index contributed by atoms with van der Waals surface area (Å²) < 4.78 is 0. The van der Waals surface area contributed by atoms with E-state index < -0.39 is 12.0 Å². The number of carbonyl (C=O) groups excluding carboxylic acids is 1. The number of nitrogens with zero attached hydrogens (tertiary/aromatic N) is 2. The number of amides is 1. The lowest BCUT2D eigenvalue weighted by Gasteiger charge is -2.23. The van der Waals surface area contributed by atoms with Gasteiger partial charge in [-0.05, 0) is 51.7 Å². The largest absolute Gasteiger partial charge is 0.480 e. The molecule has 1 N–H and O–H groups in total. The van der Waals surface area contributed by atoms with Gasteiger partial charge in [0, 0.05) is 13.0 Å². The molecule has 116 valence electrons. The van der Waals surface area contributed by atoms with Crippen LogP contribution in [-0.4, -0.2) is 59.0 Å². The average Bonchev–Trinajstić information content (AvgIpc) is 2.88. The second kappa shape index (κ2) is 8.95. The monoisotopic (exact) mass is 284 g/mol. The van der Waals surface area contributed by atoms with Crippen molar-refractivity contribution in [1.29, 1.82) is 0 Å². The first-order chi connectivity index (χ1) is 9.60. The summed E-state index contributed by atoms with van der Waals surface area (Å²) in [6.45, 7) is 8.00. The molecule has 0 saturated carbocycles. The maximum atomic E-state index is 12.1. The van der Waals surface area contributed by atoms with Gasteiger partial charge in [0.2, 0.25) is 5.91 Å². The third kappa shape index (κ3) is 5.12. The van der Waals surface area contributed by atoms with Crippen LogP contribution in [0.5, 0.6) is 0 Å². The highest BCUT2D eigenvalue weighted by molar-refractivity contribution is 5.84. The van der Waals surface area contributed by atoms with Gasteiger partial charge in [0.25, 0.3) is 0 Å². The molecule has 0 bridgehead atoms. The Kier molecular flexibility index (Phi) is 7.59. The fourth-order valence-electron chi connectivity index (χ4n) is 2.89. The third-order valence-electron chi connectivity index (χ3n) is 3.80. The zero-order chi connectivity index (χ0) is 15.0. The quantitative estimate of drug-likeness (QED) is 0.703. The number of hydrogen-bond acceptors (Lipinski definition) is 3. The minimum atomic E-state index is -0.866. The molecule has 1 rings (SSSR count). The molecule has 0 radical (unpaired) electrons. The summed E-state index contributed by atoms with van der Waals surface area (Å²) >= 11 is 0. The highest BCUT2D eigenvalue weighted by Gasteiger charge is 2.33. The molecule has 1 aliphatic heterocycles. The molecule has 5 heteroatoms. The van der Waals surface area contributed by atoms with Crippen LogP contribution in [0.15, 0.2) is 0 Å². The van der Waals surface area contributed by atoms with Crippen molar-refractivity contribution in [1.82, 2.24) is 9.80 Å². The van der Waals surface area contributed by atoms with Crippen LogP contribution in [0, 0.1) is 0 Å². The third-order valence-corrected chi connectivity index (χ3v) is 3.80. The molecule has 1 atom stereocenters. The zero-order valence-corrected chi connectivity index (χ0v) is 12.8. The highest BCUT2D eigenvalue weighted by Crippen LogP contribution is 2.18. The van der Waals surface area contributed by atoms with Gasteiger partial charge in [-0.25, -0.2) is 4.79 Å². The summed E-state index contributed by atoms with van der Waals surface area (Å²) in [6.07, 6.45) is 4.94. The van der Waals surface area contributed by atoms with Crippen molar-refractivity contribution in [2.45, 2.75) is 58.4 Å². The molecule has 1 unspecified atom stereocenters. The molecule has 0 aromatic rings. The van der Waals surface area contributed by atoms with E-state index in [1.807, 2.05) is 0 Å². The van der Waals surface area contributed by atoms with Crippen LogP contribution >= 0.6 is 0 Å². The maximum absolute atomic E-state index is 12.1. The lowest BCUT2D eigenvalue weighted by Crippen LogP contribution is -2.40. The van der Waals surface area contributed by atoms with Crippen molar-refractivity contribution >= 4 is 11.9 Å². The normalized spacial score (nSPS) is 18.8. The molecular weight excluding hydrogens is 256 g/mol. The molecule has 0 spiro atoms. The van der Waals surface area contributed by atoms with E-state index in [9.17, 15) is 9.59 Å². The van der Waals surface area contributed by atoms with Crippen molar-refractivity contribution in [3.63, 3.8) is 0 Å². The maximum Gasteiger partial charge on any atom is 0.326 e. The highest BCUT2D eigenvalue weighted by atomic mass is 16.4. The van der Waals surface area contributed by atoms with Gasteiger partial charge in [0.1, 0.15) is 6.04 Å². The lowest BCUT2D eigenvalue weighted by atomic mass is 10.2. The van der Waals surface area contributed by atoms with Gasteiger partial charge < -0.3 is 14.9 Å². The summed E-state index contributed by atoms with van der Waals surface area (Å²) in [5, 5.41) is 9.08. The molecule has 1 amide bonds. The molecule has 1 aliphatic rings. The lowest BCUT2D eigenvalue weighted by molar-refractivity contribution is -0.148. The van der Waals surface area contributed by atoms with Crippen LogP contribution in [-0.2, 0) is 9.59 Å². The summed E-state index contributed by atoms with van der Waals surface area (Å²) in [4.78, 5) is 27.1. The number of aliphatic carboxylic acids is 1. The van der Waals surface area contributed by atoms with E-state index in [4.69, 9.17) is 5.11 Å². The minimum absolute atomic E-state index is 0.00264. The standard InChI is InChI=1S/C15H28N2O3/c1-3-9-16(10-4-2)11-6-8-14(18)17-12-5-7-13(17)15(19)20/h13H,3-12H2,1-2H3,(H,19,20). The first-order valence-electron chi connectivity index (χ1n) is 7.84. The molecule has 5 nitrogen and oxygen atoms in total. The van der Waals surface area contributed by atoms with Crippen LogP contribution in [0.4, 0.5) is 0 Å². The van der Waals surface area contributed by atoms with E-state index in [1.165, 1.54) is 0 Å². The number of rotatable bonds is 9. The Morgan fingerprint density at radius 3 is 2.40 bits per heavy atom. The van der Waals surface area contributed by atoms with E-state index in [-0.39, 0.29) is 5.91 Å². The van der Waals surface area contributed by atoms with E-state index >= 15 is 0 Å². The first-order valence-corrected chi connectivity index (χ1v) is 7.84. The van der Waals surface area contributed by atoms with E-state index in [2.05, 4.69) is 18.7 Å². The van der Waals surface area contributed by atoms with Gasteiger partial charge in [-0.3, -0.25) is 4.79 Å². The Hall–Kier alpha value is -1.10. The minimum Gasteiger partial charge on any atom is -0.480 e. The SMILES string of the molecule is CCCN(CCC)CCCC(=O)N1CCCC1C(=O)O. The molecule has 0 aromatic heterocycles. The topological polar surface area (TPSA) is 60.9 Å². The molecular formula is C15H28N2O3. The van der Waals surface area contributed by atoms with Crippen molar-refractivity contribution in [2.75, 3.05) is 26.2 Å². The van der Waals surface area contributed by atoms with Gasteiger partial charge in [0.05, 0.1) is 0 Å². The predicted octanol–water partition coefficient (Wildman–Crippen LogP) is 1.96. The first kappa shape index (κ1) is 17.0. The second-order valence-electron chi connectivity index (χ2n) is 5.53. The molecule has 0 aromatic carbocycles. The smallest absolute Gasteiger partial charge is 0.326 e. The Morgan fingerprint density at radius 2 is 1.85 bits per heavy atom. The van der Waals surface area contributed by atoms with E-state index in [1.54, 1.807) is 4.90 Å². The molecule has 0 aliphatic carbocycles. The van der Waals surface area contributed by atoms with Gasteiger partial charge in [-0.15, -0.1) is 0 Å². The average molecular weight is 284 g/mol. The number of carbonyl (C=O) groups is 2. The van der Waals surface area contributed by atoms with Crippen LogP contribution in [0.1, 0.15) is 52.4 Å². The van der Waals surface area contributed by atoms with E-state index in [0.717, 1.165) is 45.3 Å². The Labute approximate surface area is 121 Å². The zero-order valence-electron chi connectivity index (χ0n) is 12.8. The van der Waals surface area contributed by atoms with Gasteiger partial charge >= 0.3 is 5.97 Å². The molecule has 1 saturated heterocycles.